The van der Waals surface area contributed by atoms with Crippen LogP contribution in [0.3, 0.4) is 0 Å². The van der Waals surface area contributed by atoms with Crippen LogP contribution in [0, 0.1) is 6.92 Å². The fraction of sp³-hybridized carbons (Fsp3) is 0.333. The molecule has 0 aromatic heterocycles. The summed E-state index contributed by atoms with van der Waals surface area (Å²) in [5.41, 5.74) is 4.20. The molecule has 0 saturated carbocycles. The number of amides is 1. The number of ether oxygens (including phenoxy) is 2. The lowest BCUT2D eigenvalue weighted by Gasteiger charge is -2.20. The molecule has 0 saturated heterocycles. The number of carbonyl (C=O) groups excluding carboxylic acids is 1. The number of hydrogen-bond acceptors (Lipinski definition) is 4. The number of fused-ring (bicyclic) bond motifs is 1. The van der Waals surface area contributed by atoms with E-state index in [0.29, 0.717) is 35.8 Å². The number of rotatable bonds is 5. The van der Waals surface area contributed by atoms with Crippen LogP contribution in [0.5, 0.6) is 11.5 Å². The van der Waals surface area contributed by atoms with Crippen LogP contribution in [0.25, 0.3) is 0 Å². The molecule has 5 nitrogen and oxygen atoms in total. The summed E-state index contributed by atoms with van der Waals surface area (Å²) in [5, 5.41) is 0. The van der Waals surface area contributed by atoms with Gasteiger partial charge in [0.15, 0.2) is 11.5 Å². The van der Waals surface area contributed by atoms with Gasteiger partial charge in [-0.15, -0.1) is 0 Å². The van der Waals surface area contributed by atoms with E-state index in [-0.39, 0.29) is 12.7 Å². The van der Waals surface area contributed by atoms with Gasteiger partial charge in [-0.2, -0.15) is 0 Å². The molecule has 1 heterocycles. The molecular weight excluding hydrogens is 328 g/mol. The molecule has 0 fully saturated rings. The highest BCUT2D eigenvalue weighted by Crippen LogP contribution is 2.39. The first kappa shape index (κ1) is 18.0. The zero-order chi connectivity index (χ0) is 18.7. The second kappa shape index (κ2) is 7.60. The summed E-state index contributed by atoms with van der Waals surface area (Å²) >= 11 is 0. The van der Waals surface area contributed by atoms with Crippen molar-refractivity contribution in [1.29, 1.82) is 0 Å². The average molecular weight is 352 g/mol. The quantitative estimate of drug-likeness (QED) is 0.752. The minimum absolute atomic E-state index is 0.0521. The summed E-state index contributed by atoms with van der Waals surface area (Å²) in [6, 6.07) is 11.7. The van der Waals surface area contributed by atoms with Crippen LogP contribution in [-0.4, -0.2) is 36.4 Å². The van der Waals surface area contributed by atoms with Crippen molar-refractivity contribution in [3.8, 4) is 11.5 Å². The van der Waals surface area contributed by atoms with Gasteiger partial charge in [0.05, 0.1) is 11.3 Å². The molecule has 3 rings (SSSR count). The van der Waals surface area contributed by atoms with Crippen LogP contribution >= 0.6 is 0 Å². The fourth-order valence-electron chi connectivity index (χ4n) is 2.92. The first-order chi connectivity index (χ1) is 12.5. The Morgan fingerprint density at radius 1 is 1.08 bits per heavy atom. The normalized spacial score (nSPS) is 13.0. The Bertz CT molecular complexity index is 837. The Hall–Kier alpha value is -2.82. The third-order valence-electron chi connectivity index (χ3n) is 4.53. The summed E-state index contributed by atoms with van der Waals surface area (Å²) in [6.07, 6.45) is 0. The first-order valence-electron chi connectivity index (χ1n) is 8.88. The van der Waals surface area contributed by atoms with E-state index in [1.807, 2.05) is 32.9 Å². The van der Waals surface area contributed by atoms with Crippen molar-refractivity contribution in [2.24, 2.45) is 4.99 Å². The highest BCUT2D eigenvalue weighted by Gasteiger charge is 2.23. The number of benzene rings is 2. The van der Waals surface area contributed by atoms with Crippen LogP contribution in [-0.2, 0) is 0 Å². The van der Waals surface area contributed by atoms with Crippen LogP contribution in [0.4, 0.5) is 5.69 Å². The maximum absolute atomic E-state index is 13.0. The summed E-state index contributed by atoms with van der Waals surface area (Å²) in [4.78, 5) is 19.5. The zero-order valence-corrected chi connectivity index (χ0v) is 15.7. The molecule has 1 aliphatic heterocycles. The second-order valence-electron chi connectivity index (χ2n) is 6.26. The standard InChI is InChI=1S/C21H24N2O3/c1-5-23(6-2)21(24)17-11-19-20(26-13-25-19)12-18(17)22-15(4)16-9-7-14(3)8-10-16/h7-12H,5-6,13H2,1-4H3. The topological polar surface area (TPSA) is 51.1 Å². The molecule has 0 N–H and O–H groups in total. The van der Waals surface area contributed by atoms with Crippen molar-refractivity contribution >= 4 is 17.3 Å². The number of hydrogen-bond donors (Lipinski definition) is 0. The van der Waals surface area contributed by atoms with E-state index in [2.05, 4.69) is 19.1 Å². The van der Waals surface area contributed by atoms with Crippen molar-refractivity contribution in [3.05, 3.63) is 53.1 Å². The molecule has 2 aromatic rings. The van der Waals surface area contributed by atoms with Crippen LogP contribution in [0.15, 0.2) is 41.4 Å². The molecule has 5 heteroatoms. The highest BCUT2D eigenvalue weighted by molar-refractivity contribution is 6.04. The van der Waals surface area contributed by atoms with E-state index >= 15 is 0 Å². The second-order valence-corrected chi connectivity index (χ2v) is 6.26. The molecule has 0 unspecified atom stereocenters. The minimum atomic E-state index is -0.0521. The molecule has 0 atom stereocenters. The Kier molecular flexibility index (Phi) is 5.26. The van der Waals surface area contributed by atoms with Crippen molar-refractivity contribution in [1.82, 2.24) is 4.90 Å². The van der Waals surface area contributed by atoms with Crippen molar-refractivity contribution < 1.29 is 14.3 Å². The molecule has 136 valence electrons. The van der Waals surface area contributed by atoms with Gasteiger partial charge in [0.1, 0.15) is 0 Å². The van der Waals surface area contributed by atoms with E-state index in [4.69, 9.17) is 14.5 Å². The third-order valence-corrected chi connectivity index (χ3v) is 4.53. The third kappa shape index (κ3) is 3.57. The lowest BCUT2D eigenvalue weighted by molar-refractivity contribution is 0.0773. The van der Waals surface area contributed by atoms with E-state index in [0.717, 1.165) is 11.3 Å². The minimum Gasteiger partial charge on any atom is -0.454 e. The Morgan fingerprint density at radius 3 is 2.31 bits per heavy atom. The Balaban J connectivity index is 2.06. The van der Waals surface area contributed by atoms with Gasteiger partial charge in [-0.3, -0.25) is 9.79 Å². The SMILES string of the molecule is CCN(CC)C(=O)c1cc2c(cc1N=C(C)c1ccc(C)cc1)OCO2. The molecular formula is C21H24N2O3. The largest absolute Gasteiger partial charge is 0.454 e. The van der Waals surface area contributed by atoms with Gasteiger partial charge in [-0.25, -0.2) is 0 Å². The smallest absolute Gasteiger partial charge is 0.256 e. The van der Waals surface area contributed by atoms with E-state index in [9.17, 15) is 4.79 Å². The summed E-state index contributed by atoms with van der Waals surface area (Å²) in [6.45, 7) is 9.38. The van der Waals surface area contributed by atoms with E-state index in [1.165, 1.54) is 5.56 Å². The van der Waals surface area contributed by atoms with Crippen molar-refractivity contribution in [2.45, 2.75) is 27.7 Å². The fourth-order valence-corrected chi connectivity index (χ4v) is 2.92. The molecule has 2 aromatic carbocycles. The van der Waals surface area contributed by atoms with Crippen molar-refractivity contribution in [2.75, 3.05) is 19.9 Å². The molecule has 0 aliphatic carbocycles. The van der Waals surface area contributed by atoms with Crippen molar-refractivity contribution in [3.63, 3.8) is 0 Å². The molecule has 1 amide bonds. The van der Waals surface area contributed by atoms with Gasteiger partial charge < -0.3 is 14.4 Å². The van der Waals surface area contributed by atoms with Gasteiger partial charge in [0.2, 0.25) is 6.79 Å². The molecule has 0 spiro atoms. The Morgan fingerprint density at radius 2 is 1.69 bits per heavy atom. The maximum atomic E-state index is 13.0. The number of nitrogens with zero attached hydrogens (tertiary/aromatic N) is 2. The average Bonchev–Trinajstić information content (AvgIpc) is 3.09. The number of aliphatic imine (C=N–C) groups is 1. The highest BCUT2D eigenvalue weighted by atomic mass is 16.7. The predicted octanol–water partition coefficient (Wildman–Crippen LogP) is 4.35. The molecule has 0 radical (unpaired) electrons. The monoisotopic (exact) mass is 352 g/mol. The van der Waals surface area contributed by atoms with E-state index < -0.39 is 0 Å². The maximum Gasteiger partial charge on any atom is 0.256 e. The van der Waals surface area contributed by atoms with Crippen LogP contribution < -0.4 is 9.47 Å². The van der Waals surface area contributed by atoms with Crippen LogP contribution in [0.1, 0.15) is 42.3 Å². The molecule has 1 aliphatic rings. The van der Waals surface area contributed by atoms with Gasteiger partial charge in [0, 0.05) is 24.9 Å². The first-order valence-corrected chi connectivity index (χ1v) is 8.88. The summed E-state index contributed by atoms with van der Waals surface area (Å²) in [7, 11) is 0. The predicted molar refractivity (Wildman–Crippen MR) is 103 cm³/mol. The Labute approximate surface area is 154 Å². The lowest BCUT2D eigenvalue weighted by atomic mass is 10.1. The van der Waals surface area contributed by atoms with Gasteiger partial charge in [-0.05, 0) is 39.3 Å². The van der Waals surface area contributed by atoms with Crippen LogP contribution in [0.2, 0.25) is 0 Å². The van der Waals surface area contributed by atoms with Gasteiger partial charge in [0.25, 0.3) is 5.91 Å². The van der Waals surface area contributed by atoms with Gasteiger partial charge >= 0.3 is 0 Å². The lowest BCUT2D eigenvalue weighted by Crippen LogP contribution is -2.30. The number of carbonyl (C=O) groups is 1. The number of aryl methyl sites for hydroxylation is 1. The molecule has 26 heavy (non-hydrogen) atoms. The zero-order valence-electron chi connectivity index (χ0n) is 15.7. The van der Waals surface area contributed by atoms with Gasteiger partial charge in [-0.1, -0.05) is 29.8 Å². The summed E-state index contributed by atoms with van der Waals surface area (Å²) < 4.78 is 10.9. The molecule has 0 bridgehead atoms. The summed E-state index contributed by atoms with van der Waals surface area (Å²) in [5.74, 6) is 1.16. The van der Waals surface area contributed by atoms with E-state index in [1.54, 1.807) is 17.0 Å².